The van der Waals surface area contributed by atoms with Crippen LogP contribution in [0.15, 0.2) is 126 Å². The molecule has 0 saturated heterocycles. The fourth-order valence-electron chi connectivity index (χ4n) is 4.73. The zero-order valence-corrected chi connectivity index (χ0v) is 19.7. The van der Waals surface area contributed by atoms with E-state index in [1.54, 1.807) is 4.68 Å². The van der Waals surface area contributed by atoms with Gasteiger partial charge in [-0.3, -0.25) is 9.48 Å². The fourth-order valence-corrected chi connectivity index (χ4v) is 9.27. The minimum Gasteiger partial charge on any atom is -0.281 e. The minimum atomic E-state index is -2.46. The van der Waals surface area contributed by atoms with Crippen LogP contribution in [0.2, 0.25) is 0 Å². The van der Waals surface area contributed by atoms with Crippen LogP contribution >= 0.6 is 7.26 Å². The summed E-state index contributed by atoms with van der Waals surface area (Å²) >= 11 is 0. The van der Waals surface area contributed by atoms with Gasteiger partial charge < -0.3 is 0 Å². The van der Waals surface area contributed by atoms with E-state index in [1.807, 2.05) is 60.3 Å². The summed E-state index contributed by atoms with van der Waals surface area (Å²) in [5, 5.41) is 4.40. The lowest BCUT2D eigenvalue weighted by Crippen LogP contribution is -2.45. The number of rotatable bonds is 5. The lowest BCUT2D eigenvalue weighted by atomic mass is 10.3. The Kier molecular flexibility index (Phi) is 5.58. The summed E-state index contributed by atoms with van der Waals surface area (Å²) in [5.41, 5.74) is 1.88. The summed E-state index contributed by atoms with van der Waals surface area (Å²) < 4.78 is 3.80. The van der Waals surface area contributed by atoms with Crippen molar-refractivity contribution in [2.75, 3.05) is 0 Å². The molecule has 0 aliphatic carbocycles. The van der Waals surface area contributed by atoms with Crippen molar-refractivity contribution in [1.82, 2.24) is 9.36 Å². The molecule has 1 heterocycles. The van der Waals surface area contributed by atoms with Gasteiger partial charge in [0.1, 0.15) is 15.9 Å². The first kappa shape index (κ1) is 21.2. The number of benzene rings is 4. The molecule has 4 heteroatoms. The summed E-state index contributed by atoms with van der Waals surface area (Å²) in [6.07, 6.45) is 0. The maximum absolute atomic E-state index is 14.3. The van der Waals surface area contributed by atoms with E-state index in [0.717, 1.165) is 16.7 Å². The van der Waals surface area contributed by atoms with Gasteiger partial charge in [0.25, 0.3) is 0 Å². The van der Waals surface area contributed by atoms with Crippen LogP contribution in [0.25, 0.3) is 5.69 Å². The van der Waals surface area contributed by atoms with E-state index in [-0.39, 0.29) is 5.56 Å². The summed E-state index contributed by atoms with van der Waals surface area (Å²) in [7, 11) is -0.486. The first-order chi connectivity index (χ1) is 16.2. The van der Waals surface area contributed by atoms with Crippen LogP contribution in [0.4, 0.5) is 0 Å². The van der Waals surface area contributed by atoms with Crippen LogP contribution in [0, 0.1) is 6.92 Å². The van der Waals surface area contributed by atoms with Gasteiger partial charge >= 0.3 is 5.56 Å². The molecule has 0 unspecified atom stereocenters. The predicted octanol–water partition coefficient (Wildman–Crippen LogP) is 4.10. The second kappa shape index (κ2) is 8.69. The van der Waals surface area contributed by atoms with E-state index in [2.05, 4.69) is 79.7 Å². The fraction of sp³-hybridized carbons (Fsp3) is 0.0690. The van der Waals surface area contributed by atoms with Crippen LogP contribution in [0.5, 0.6) is 0 Å². The normalized spacial score (nSPS) is 11.5. The van der Waals surface area contributed by atoms with Crippen molar-refractivity contribution in [3.8, 4) is 5.69 Å². The number of nitrogens with zero attached hydrogens (tertiary/aromatic N) is 2. The molecule has 0 fully saturated rings. The van der Waals surface area contributed by atoms with Gasteiger partial charge in [-0.05, 0) is 55.5 Å². The minimum absolute atomic E-state index is 0.0334. The van der Waals surface area contributed by atoms with E-state index in [1.165, 1.54) is 15.9 Å². The molecule has 0 aliphatic heterocycles. The molecular weight excluding hydrogens is 423 g/mol. The van der Waals surface area contributed by atoms with Crippen molar-refractivity contribution >= 4 is 28.5 Å². The van der Waals surface area contributed by atoms with Crippen LogP contribution in [-0.4, -0.2) is 9.36 Å². The molecule has 0 bridgehead atoms. The Morgan fingerprint density at radius 1 is 0.576 bits per heavy atom. The van der Waals surface area contributed by atoms with E-state index in [9.17, 15) is 4.79 Å². The summed E-state index contributed by atoms with van der Waals surface area (Å²) in [4.78, 5) is 14.3. The van der Waals surface area contributed by atoms with E-state index in [4.69, 9.17) is 0 Å². The van der Waals surface area contributed by atoms with Gasteiger partial charge in [-0.2, -0.15) is 0 Å². The Balaban J connectivity index is 1.97. The van der Waals surface area contributed by atoms with E-state index in [0.29, 0.717) is 0 Å². The van der Waals surface area contributed by atoms with Gasteiger partial charge in [0.05, 0.1) is 11.4 Å². The molecule has 0 radical (unpaired) electrons. The zero-order chi connectivity index (χ0) is 22.8. The van der Waals surface area contributed by atoms with Gasteiger partial charge in [-0.1, -0.05) is 72.8 Å². The molecule has 0 atom stereocenters. The van der Waals surface area contributed by atoms with Crippen LogP contribution in [0.3, 0.4) is 0 Å². The SMILES string of the molecule is Cc1c([P+](c2ccccc2)(c2ccccc2)c2ccccc2)c(=O)n(-c2ccccc2)n1C. The molecule has 3 nitrogen and oxygen atoms in total. The monoisotopic (exact) mass is 449 g/mol. The summed E-state index contributed by atoms with van der Waals surface area (Å²) in [6.45, 7) is 2.07. The molecule has 5 rings (SSSR count). The van der Waals surface area contributed by atoms with Crippen molar-refractivity contribution in [3.05, 3.63) is 137 Å². The van der Waals surface area contributed by atoms with Gasteiger partial charge in [0.2, 0.25) is 0 Å². The summed E-state index contributed by atoms with van der Waals surface area (Å²) in [5.74, 6) is 0. The number of hydrogen-bond acceptors (Lipinski definition) is 1. The molecule has 1 aromatic heterocycles. The average molecular weight is 450 g/mol. The third-order valence-corrected chi connectivity index (χ3v) is 10.7. The smallest absolute Gasteiger partial charge is 0.281 e. The van der Waals surface area contributed by atoms with E-state index >= 15 is 0 Å². The number of para-hydroxylation sites is 1. The topological polar surface area (TPSA) is 26.9 Å². The molecule has 4 aromatic carbocycles. The Morgan fingerprint density at radius 3 is 1.33 bits per heavy atom. The highest BCUT2D eigenvalue weighted by Crippen LogP contribution is 2.54. The Bertz CT molecular complexity index is 1330. The lowest BCUT2D eigenvalue weighted by Gasteiger charge is -2.26. The van der Waals surface area contributed by atoms with Crippen molar-refractivity contribution in [3.63, 3.8) is 0 Å². The highest BCUT2D eigenvalue weighted by Gasteiger charge is 2.52. The standard InChI is InChI=1S/C29H26N2OP/c1-23-28(29(32)31(30(23)2)24-15-7-3-8-16-24)33(25-17-9-4-10-18-25,26-19-11-5-12-20-26)27-21-13-6-14-22-27/h3-22H,1-2H3/q+1. The van der Waals surface area contributed by atoms with Crippen molar-refractivity contribution in [2.45, 2.75) is 6.92 Å². The molecule has 0 spiro atoms. The molecule has 5 aromatic rings. The van der Waals surface area contributed by atoms with Crippen molar-refractivity contribution in [2.24, 2.45) is 7.05 Å². The molecule has 0 aliphatic rings. The Hall–Kier alpha value is -3.68. The summed E-state index contributed by atoms with van der Waals surface area (Å²) in [6, 6.07) is 41.5. The van der Waals surface area contributed by atoms with Crippen LogP contribution in [0.1, 0.15) is 5.69 Å². The predicted molar refractivity (Wildman–Crippen MR) is 141 cm³/mol. The van der Waals surface area contributed by atoms with Gasteiger partial charge in [0, 0.05) is 7.05 Å². The largest absolute Gasteiger partial charge is 0.315 e. The van der Waals surface area contributed by atoms with Gasteiger partial charge in [-0.25, -0.2) is 4.68 Å². The second-order valence-corrected chi connectivity index (χ2v) is 11.4. The molecule has 0 amide bonds. The quantitative estimate of drug-likeness (QED) is 0.371. The number of aromatic nitrogens is 2. The molecule has 0 saturated carbocycles. The maximum atomic E-state index is 14.3. The maximum Gasteiger partial charge on any atom is 0.315 e. The zero-order valence-electron chi connectivity index (χ0n) is 18.8. The van der Waals surface area contributed by atoms with Crippen molar-refractivity contribution < 1.29 is 0 Å². The van der Waals surface area contributed by atoms with Gasteiger partial charge in [0.15, 0.2) is 12.6 Å². The van der Waals surface area contributed by atoms with Crippen LogP contribution in [-0.2, 0) is 7.05 Å². The average Bonchev–Trinajstić information content (AvgIpc) is 3.11. The molecule has 0 N–H and O–H groups in total. The molecule has 33 heavy (non-hydrogen) atoms. The van der Waals surface area contributed by atoms with Gasteiger partial charge in [-0.15, -0.1) is 0 Å². The highest BCUT2D eigenvalue weighted by molar-refractivity contribution is 8.01. The molecule has 162 valence electrons. The van der Waals surface area contributed by atoms with Crippen molar-refractivity contribution in [1.29, 1.82) is 0 Å². The molecular formula is C29H26N2OP+. The third kappa shape index (κ3) is 3.37. The van der Waals surface area contributed by atoms with Crippen LogP contribution < -0.4 is 26.8 Å². The lowest BCUT2D eigenvalue weighted by molar-refractivity contribution is 0.630. The highest BCUT2D eigenvalue weighted by atomic mass is 31.2. The number of hydrogen-bond donors (Lipinski definition) is 0. The van der Waals surface area contributed by atoms with E-state index < -0.39 is 7.26 Å². The Morgan fingerprint density at radius 2 is 0.939 bits per heavy atom. The third-order valence-electron chi connectivity index (χ3n) is 6.29. The first-order valence-electron chi connectivity index (χ1n) is 11.1. The first-order valence-corrected chi connectivity index (χ1v) is 12.8. The second-order valence-electron chi connectivity index (χ2n) is 8.09. The Labute approximate surface area is 194 Å².